The van der Waals surface area contributed by atoms with E-state index in [2.05, 4.69) is 5.32 Å². The summed E-state index contributed by atoms with van der Waals surface area (Å²) < 4.78 is 38.2. The number of benzene rings is 4. The van der Waals surface area contributed by atoms with Gasteiger partial charge in [0.1, 0.15) is 17.3 Å². The van der Waals surface area contributed by atoms with Gasteiger partial charge in [0.05, 0.1) is 5.69 Å². The summed E-state index contributed by atoms with van der Waals surface area (Å²) in [4.78, 5) is 12.7. The molecule has 0 bridgehead atoms. The first-order chi connectivity index (χ1) is 15.9. The number of carbonyl (C=O) groups excluding carboxylic acids is 1. The standard InChI is InChI=1S/C25H19FN2O4S/c26-20-7-4-8-22(15-20)28(33(31)32)23-16-21(13-14-24(23)29)27-25(30)19-11-9-18(10-12-19)17-5-2-1-3-6-17/h1-16,29,33H,(H,27,30). The van der Waals surface area contributed by atoms with Crippen LogP contribution in [0.15, 0.2) is 97.1 Å². The van der Waals surface area contributed by atoms with Gasteiger partial charge in [-0.25, -0.2) is 17.1 Å². The van der Waals surface area contributed by atoms with Gasteiger partial charge >= 0.3 is 0 Å². The van der Waals surface area contributed by atoms with E-state index in [-0.39, 0.29) is 22.8 Å². The van der Waals surface area contributed by atoms with Crippen molar-refractivity contribution >= 4 is 33.9 Å². The number of hydrogen-bond donors (Lipinski definition) is 3. The molecule has 0 saturated carbocycles. The molecule has 0 unspecified atom stereocenters. The molecule has 4 aromatic carbocycles. The Kier molecular flexibility index (Phi) is 6.37. The number of rotatable bonds is 6. The fourth-order valence-corrected chi connectivity index (χ4v) is 4.00. The molecule has 4 aromatic rings. The van der Waals surface area contributed by atoms with Crippen LogP contribution >= 0.6 is 0 Å². The lowest BCUT2D eigenvalue weighted by Gasteiger charge is -2.20. The molecule has 0 radical (unpaired) electrons. The second kappa shape index (κ2) is 9.54. The van der Waals surface area contributed by atoms with Crippen LogP contribution in [0.4, 0.5) is 21.5 Å². The summed E-state index contributed by atoms with van der Waals surface area (Å²) in [6.07, 6.45) is 0. The molecule has 166 valence electrons. The Morgan fingerprint density at radius 2 is 1.52 bits per heavy atom. The van der Waals surface area contributed by atoms with Gasteiger partial charge in [-0.1, -0.05) is 48.5 Å². The number of amides is 1. The molecule has 0 aromatic heterocycles. The first-order valence-corrected chi connectivity index (χ1v) is 11.1. The van der Waals surface area contributed by atoms with E-state index in [0.29, 0.717) is 5.56 Å². The Morgan fingerprint density at radius 3 is 2.18 bits per heavy atom. The van der Waals surface area contributed by atoms with Crippen molar-refractivity contribution in [3.8, 4) is 16.9 Å². The van der Waals surface area contributed by atoms with Gasteiger partial charge < -0.3 is 10.4 Å². The molecular formula is C25H19FN2O4S. The van der Waals surface area contributed by atoms with E-state index in [1.165, 1.54) is 36.4 Å². The number of aromatic hydroxyl groups is 1. The summed E-state index contributed by atoms with van der Waals surface area (Å²) in [7, 11) is -3.25. The largest absolute Gasteiger partial charge is 0.506 e. The van der Waals surface area contributed by atoms with Gasteiger partial charge in [-0.15, -0.1) is 0 Å². The minimum atomic E-state index is -3.25. The van der Waals surface area contributed by atoms with Crippen molar-refractivity contribution in [1.29, 1.82) is 0 Å². The van der Waals surface area contributed by atoms with Crippen LogP contribution in [-0.2, 0) is 10.9 Å². The van der Waals surface area contributed by atoms with Crippen LogP contribution in [0.1, 0.15) is 10.4 Å². The number of phenolic OH excluding ortho intramolecular Hbond substituents is 1. The molecule has 4 rings (SSSR count). The van der Waals surface area contributed by atoms with Crippen LogP contribution < -0.4 is 9.62 Å². The lowest BCUT2D eigenvalue weighted by Crippen LogP contribution is -2.16. The summed E-state index contributed by atoms with van der Waals surface area (Å²) >= 11 is 0. The van der Waals surface area contributed by atoms with E-state index >= 15 is 0 Å². The second-order valence-corrected chi connectivity index (χ2v) is 8.01. The molecule has 2 N–H and O–H groups in total. The van der Waals surface area contributed by atoms with Crippen molar-refractivity contribution < 1.29 is 22.7 Å². The Hall–Kier alpha value is -4.17. The maximum absolute atomic E-state index is 13.6. The van der Waals surface area contributed by atoms with E-state index in [9.17, 15) is 22.7 Å². The molecule has 8 heteroatoms. The highest BCUT2D eigenvalue weighted by Gasteiger charge is 2.18. The third-order valence-corrected chi connectivity index (χ3v) is 5.70. The zero-order valence-electron chi connectivity index (χ0n) is 17.2. The van der Waals surface area contributed by atoms with Gasteiger partial charge in [0, 0.05) is 11.3 Å². The fraction of sp³-hybridized carbons (Fsp3) is 0. The van der Waals surface area contributed by atoms with E-state index in [0.717, 1.165) is 21.5 Å². The van der Waals surface area contributed by atoms with Crippen molar-refractivity contribution in [2.45, 2.75) is 0 Å². The normalized spacial score (nSPS) is 10.7. The molecule has 6 nitrogen and oxygen atoms in total. The molecule has 1 amide bonds. The summed E-state index contributed by atoms with van der Waals surface area (Å²) in [6.45, 7) is 0. The third kappa shape index (κ3) is 5.02. The first-order valence-electron chi connectivity index (χ1n) is 9.92. The summed E-state index contributed by atoms with van der Waals surface area (Å²) in [5, 5.41) is 13.0. The monoisotopic (exact) mass is 462 g/mol. The maximum atomic E-state index is 13.6. The molecule has 0 aliphatic rings. The number of carbonyl (C=O) groups is 1. The summed E-state index contributed by atoms with van der Waals surface area (Å²) in [6, 6.07) is 25.7. The van der Waals surface area contributed by atoms with Crippen LogP contribution in [0.2, 0.25) is 0 Å². The molecule has 0 spiro atoms. The van der Waals surface area contributed by atoms with Crippen LogP contribution in [-0.4, -0.2) is 19.4 Å². The van der Waals surface area contributed by atoms with Gasteiger partial charge in [-0.3, -0.25) is 4.79 Å². The first kappa shape index (κ1) is 22.0. The quantitative estimate of drug-likeness (QED) is 0.274. The molecule has 33 heavy (non-hydrogen) atoms. The molecule has 0 aliphatic heterocycles. The Bertz CT molecular complexity index is 1370. The Morgan fingerprint density at radius 1 is 0.818 bits per heavy atom. The number of thiol groups is 1. The number of anilines is 3. The lowest BCUT2D eigenvalue weighted by molar-refractivity contribution is 0.102. The Labute approximate surface area is 191 Å². The lowest BCUT2D eigenvalue weighted by atomic mass is 10.0. The van der Waals surface area contributed by atoms with Crippen molar-refractivity contribution in [2.75, 3.05) is 9.62 Å². The average molecular weight is 463 g/mol. The van der Waals surface area contributed by atoms with Gasteiger partial charge in [-0.05, 0) is 59.7 Å². The van der Waals surface area contributed by atoms with Crippen molar-refractivity contribution in [2.24, 2.45) is 0 Å². The van der Waals surface area contributed by atoms with E-state index in [1.807, 2.05) is 42.5 Å². The van der Waals surface area contributed by atoms with Gasteiger partial charge in [0.25, 0.3) is 5.91 Å². The number of nitrogens with zero attached hydrogens (tertiary/aromatic N) is 1. The van der Waals surface area contributed by atoms with Crippen molar-refractivity contribution in [1.82, 2.24) is 0 Å². The third-order valence-electron chi connectivity index (χ3n) is 4.93. The zero-order valence-corrected chi connectivity index (χ0v) is 18.1. The molecule has 0 atom stereocenters. The molecule has 0 heterocycles. The fourth-order valence-electron chi connectivity index (χ4n) is 3.35. The predicted octanol–water partition coefficient (Wildman–Crippen LogP) is 5.12. The minimum Gasteiger partial charge on any atom is -0.506 e. The zero-order chi connectivity index (χ0) is 23.4. The van der Waals surface area contributed by atoms with E-state index < -0.39 is 22.6 Å². The topological polar surface area (TPSA) is 86.7 Å². The smallest absolute Gasteiger partial charge is 0.255 e. The van der Waals surface area contributed by atoms with Crippen LogP contribution in [0.5, 0.6) is 5.75 Å². The number of halogens is 1. The number of hydrogen-bond acceptors (Lipinski definition) is 4. The average Bonchev–Trinajstić information content (AvgIpc) is 2.82. The Balaban J connectivity index is 1.59. The van der Waals surface area contributed by atoms with Gasteiger partial charge in [-0.2, -0.15) is 0 Å². The highest BCUT2D eigenvalue weighted by Crippen LogP contribution is 2.36. The van der Waals surface area contributed by atoms with Crippen molar-refractivity contribution in [3.63, 3.8) is 0 Å². The predicted molar refractivity (Wildman–Crippen MR) is 127 cm³/mol. The summed E-state index contributed by atoms with van der Waals surface area (Å²) in [5.41, 5.74) is 2.55. The second-order valence-electron chi connectivity index (χ2n) is 7.13. The van der Waals surface area contributed by atoms with Gasteiger partial charge in [0.15, 0.2) is 0 Å². The minimum absolute atomic E-state index is 0.0152. The van der Waals surface area contributed by atoms with E-state index in [1.54, 1.807) is 12.1 Å². The SMILES string of the molecule is O=C(Nc1ccc(O)c(N(c2cccc(F)c2)[SH](=O)=O)c1)c1ccc(-c2ccccc2)cc1. The maximum Gasteiger partial charge on any atom is 0.255 e. The van der Waals surface area contributed by atoms with Crippen LogP contribution in [0, 0.1) is 5.82 Å². The highest BCUT2D eigenvalue weighted by atomic mass is 32.2. The molecule has 0 fully saturated rings. The molecular weight excluding hydrogens is 443 g/mol. The molecule has 0 saturated heterocycles. The highest BCUT2D eigenvalue weighted by molar-refractivity contribution is 7.74. The van der Waals surface area contributed by atoms with Gasteiger partial charge in [0.2, 0.25) is 10.9 Å². The van der Waals surface area contributed by atoms with Crippen molar-refractivity contribution in [3.05, 3.63) is 108 Å². The number of phenols is 1. The van der Waals surface area contributed by atoms with Crippen LogP contribution in [0.25, 0.3) is 11.1 Å². The summed E-state index contributed by atoms with van der Waals surface area (Å²) in [5.74, 6) is -1.38. The molecule has 0 aliphatic carbocycles. The van der Waals surface area contributed by atoms with Crippen LogP contribution in [0.3, 0.4) is 0 Å². The number of nitrogens with one attached hydrogen (secondary N) is 1. The van der Waals surface area contributed by atoms with E-state index in [4.69, 9.17) is 0 Å².